The molecule has 98 valence electrons. The Labute approximate surface area is 106 Å². The van der Waals surface area contributed by atoms with E-state index in [2.05, 4.69) is 0 Å². The van der Waals surface area contributed by atoms with Crippen LogP contribution < -0.4 is 15.2 Å². The summed E-state index contributed by atoms with van der Waals surface area (Å²) in [6.07, 6.45) is 0. The summed E-state index contributed by atoms with van der Waals surface area (Å²) in [5.74, 6) is 1.07. The fourth-order valence-corrected chi connectivity index (χ4v) is 4.38. The molecule has 0 radical (unpaired) electrons. The Morgan fingerprint density at radius 3 is 2.50 bits per heavy atom. The van der Waals surface area contributed by atoms with Gasteiger partial charge in [0.1, 0.15) is 13.2 Å². The molecule has 2 atom stereocenters. The van der Waals surface area contributed by atoms with Crippen LogP contribution in [0.3, 0.4) is 0 Å². The largest absolute Gasteiger partial charge is 0.486 e. The molecule has 0 bridgehead atoms. The van der Waals surface area contributed by atoms with Gasteiger partial charge in [-0.2, -0.15) is 0 Å². The second kappa shape index (κ2) is 3.86. The first-order chi connectivity index (χ1) is 8.49. The maximum Gasteiger partial charge on any atom is 0.179 e. The molecule has 1 aromatic carbocycles. The van der Waals surface area contributed by atoms with E-state index in [0.29, 0.717) is 30.3 Å². The maximum atomic E-state index is 12.2. The Hall–Kier alpha value is -1.27. The van der Waals surface area contributed by atoms with Crippen molar-refractivity contribution in [3.8, 4) is 11.5 Å². The lowest BCUT2D eigenvalue weighted by Crippen LogP contribution is -2.33. The third kappa shape index (κ3) is 1.67. The summed E-state index contributed by atoms with van der Waals surface area (Å²) >= 11 is 0. The molecule has 0 saturated heterocycles. The summed E-state index contributed by atoms with van der Waals surface area (Å²) in [5, 5.41) is 0. The smallest absolute Gasteiger partial charge is 0.179 e. The second-order valence-corrected chi connectivity index (χ2v) is 6.82. The van der Waals surface area contributed by atoms with Crippen LogP contribution in [0, 0.1) is 5.92 Å². The lowest BCUT2D eigenvalue weighted by atomic mass is 9.96. The summed E-state index contributed by atoms with van der Waals surface area (Å²) in [6, 6.07) is 2.98. The van der Waals surface area contributed by atoms with Gasteiger partial charge in [0.05, 0.1) is 10.6 Å². The fraction of sp³-hybridized carbons (Fsp3) is 0.500. The molecule has 2 aliphatic heterocycles. The number of sulfone groups is 1. The van der Waals surface area contributed by atoms with E-state index >= 15 is 0 Å². The highest BCUT2D eigenvalue weighted by Crippen LogP contribution is 2.41. The van der Waals surface area contributed by atoms with Crippen LogP contribution in [-0.2, 0) is 9.84 Å². The van der Waals surface area contributed by atoms with Crippen LogP contribution in [0.5, 0.6) is 11.5 Å². The predicted octanol–water partition coefficient (Wildman–Crippen LogP) is 0.881. The quantitative estimate of drug-likeness (QED) is 0.756. The molecule has 2 unspecified atom stereocenters. The molecular weight excluding hydrogens is 254 g/mol. The fourth-order valence-electron chi connectivity index (χ4n) is 2.46. The Morgan fingerprint density at radius 1 is 1.22 bits per heavy atom. The van der Waals surface area contributed by atoms with Gasteiger partial charge in [0.15, 0.2) is 21.3 Å². The molecule has 6 heteroatoms. The number of fused-ring (bicyclic) bond motifs is 2. The first-order valence-electron chi connectivity index (χ1n) is 5.91. The molecule has 2 aliphatic rings. The van der Waals surface area contributed by atoms with Crippen LogP contribution in [0.25, 0.3) is 0 Å². The highest BCUT2D eigenvalue weighted by molar-refractivity contribution is 7.91. The maximum absolute atomic E-state index is 12.2. The van der Waals surface area contributed by atoms with Gasteiger partial charge in [-0.25, -0.2) is 8.42 Å². The molecule has 0 aliphatic carbocycles. The van der Waals surface area contributed by atoms with Gasteiger partial charge in [-0.05, 0) is 17.5 Å². The van der Waals surface area contributed by atoms with Crippen molar-refractivity contribution in [2.75, 3.05) is 19.0 Å². The van der Waals surface area contributed by atoms with Crippen molar-refractivity contribution >= 4 is 9.84 Å². The molecule has 2 heterocycles. The lowest BCUT2D eigenvalue weighted by molar-refractivity contribution is 0.170. The van der Waals surface area contributed by atoms with Crippen LogP contribution >= 0.6 is 0 Å². The minimum absolute atomic E-state index is 0.0841. The van der Waals surface area contributed by atoms with E-state index < -0.39 is 9.84 Å². The Bertz CT molecular complexity index is 596. The Morgan fingerprint density at radius 2 is 1.83 bits per heavy atom. The lowest BCUT2D eigenvalue weighted by Gasteiger charge is -2.30. The van der Waals surface area contributed by atoms with E-state index in [-0.39, 0.29) is 22.6 Å². The molecule has 1 aromatic rings. The number of hydrogen-bond acceptors (Lipinski definition) is 5. The number of hydrogen-bond donors (Lipinski definition) is 1. The van der Waals surface area contributed by atoms with E-state index in [0.717, 1.165) is 0 Å². The number of ether oxygens (including phenoxy) is 2. The molecule has 5 nitrogen and oxygen atoms in total. The normalized spacial score (nSPS) is 28.6. The SMILES string of the molecule is CC1CS(=O)(=O)c2cc3c(cc2C1N)OCCO3. The van der Waals surface area contributed by atoms with Gasteiger partial charge in [0.2, 0.25) is 0 Å². The van der Waals surface area contributed by atoms with Gasteiger partial charge >= 0.3 is 0 Å². The zero-order valence-electron chi connectivity index (χ0n) is 10.0. The van der Waals surface area contributed by atoms with Crippen LogP contribution in [0.15, 0.2) is 17.0 Å². The first-order valence-corrected chi connectivity index (χ1v) is 7.56. The number of nitrogens with two attached hydrogens (primary N) is 1. The molecule has 0 aromatic heterocycles. The highest BCUT2D eigenvalue weighted by atomic mass is 32.2. The minimum Gasteiger partial charge on any atom is -0.486 e. The summed E-state index contributed by atoms with van der Waals surface area (Å²) < 4.78 is 35.2. The first kappa shape index (κ1) is 11.8. The molecule has 2 N–H and O–H groups in total. The molecule has 0 amide bonds. The minimum atomic E-state index is -3.27. The van der Waals surface area contributed by atoms with Gasteiger partial charge in [-0.15, -0.1) is 0 Å². The molecule has 0 saturated carbocycles. The summed E-state index contributed by atoms with van der Waals surface area (Å²) in [4.78, 5) is 0.289. The van der Waals surface area contributed by atoms with Crippen LogP contribution in [0.4, 0.5) is 0 Å². The van der Waals surface area contributed by atoms with Gasteiger partial charge < -0.3 is 15.2 Å². The van der Waals surface area contributed by atoms with Crippen molar-refractivity contribution in [2.24, 2.45) is 11.7 Å². The molecule has 18 heavy (non-hydrogen) atoms. The van der Waals surface area contributed by atoms with Crippen LogP contribution in [0.2, 0.25) is 0 Å². The average molecular weight is 269 g/mol. The number of rotatable bonds is 0. The van der Waals surface area contributed by atoms with E-state index in [9.17, 15) is 8.42 Å². The third-order valence-electron chi connectivity index (χ3n) is 3.46. The van der Waals surface area contributed by atoms with E-state index in [1.807, 2.05) is 6.92 Å². The average Bonchev–Trinajstić information content (AvgIpc) is 2.34. The Kier molecular flexibility index (Phi) is 2.53. The topological polar surface area (TPSA) is 78.6 Å². The van der Waals surface area contributed by atoms with Crippen LogP contribution in [0.1, 0.15) is 18.5 Å². The standard InChI is InChI=1S/C12H15NO4S/c1-7-6-18(14,15)11-5-10-9(16-2-3-17-10)4-8(11)12(7)13/h4-5,7,12H,2-3,6,13H2,1H3. The van der Waals surface area contributed by atoms with E-state index in [1.165, 1.54) is 0 Å². The predicted molar refractivity (Wildman–Crippen MR) is 65.6 cm³/mol. The zero-order chi connectivity index (χ0) is 12.9. The summed E-state index contributed by atoms with van der Waals surface area (Å²) in [5.41, 5.74) is 6.72. The monoisotopic (exact) mass is 269 g/mol. The third-order valence-corrected chi connectivity index (χ3v) is 5.45. The van der Waals surface area contributed by atoms with Crippen molar-refractivity contribution in [3.05, 3.63) is 17.7 Å². The van der Waals surface area contributed by atoms with Gasteiger partial charge in [0.25, 0.3) is 0 Å². The molecule has 3 rings (SSSR count). The number of benzene rings is 1. The second-order valence-electron chi connectivity index (χ2n) is 4.82. The van der Waals surface area contributed by atoms with Crippen molar-refractivity contribution < 1.29 is 17.9 Å². The van der Waals surface area contributed by atoms with E-state index in [4.69, 9.17) is 15.2 Å². The Balaban J connectivity index is 2.23. The molecule has 0 spiro atoms. The van der Waals surface area contributed by atoms with Crippen molar-refractivity contribution in [3.63, 3.8) is 0 Å². The summed E-state index contributed by atoms with van der Waals surface area (Å²) in [7, 11) is -3.27. The van der Waals surface area contributed by atoms with Crippen LogP contribution in [-0.4, -0.2) is 27.4 Å². The highest BCUT2D eigenvalue weighted by Gasteiger charge is 2.35. The van der Waals surface area contributed by atoms with Crippen molar-refractivity contribution in [2.45, 2.75) is 17.9 Å². The van der Waals surface area contributed by atoms with E-state index in [1.54, 1.807) is 12.1 Å². The zero-order valence-corrected chi connectivity index (χ0v) is 10.9. The van der Waals surface area contributed by atoms with Gasteiger partial charge in [-0.3, -0.25) is 0 Å². The molecule has 0 fully saturated rings. The van der Waals surface area contributed by atoms with Gasteiger partial charge in [0, 0.05) is 12.1 Å². The van der Waals surface area contributed by atoms with Gasteiger partial charge in [-0.1, -0.05) is 6.92 Å². The summed E-state index contributed by atoms with van der Waals surface area (Å²) in [6.45, 7) is 2.76. The van der Waals surface area contributed by atoms with Crippen molar-refractivity contribution in [1.82, 2.24) is 0 Å². The van der Waals surface area contributed by atoms with Crippen molar-refractivity contribution in [1.29, 1.82) is 0 Å². The molecular formula is C12H15NO4S.